The molecule has 0 saturated carbocycles. The average molecular weight is 237 g/mol. The number of nitrogens with one attached hydrogen (secondary N) is 1. The SMILES string of the molecule is CCNCc1nc(C(C)C)ncc1OC(C)C. The molecular weight excluding hydrogens is 214 g/mol. The molecule has 0 spiro atoms. The summed E-state index contributed by atoms with van der Waals surface area (Å²) in [7, 11) is 0. The lowest BCUT2D eigenvalue weighted by molar-refractivity contribution is 0.236. The first-order valence-corrected chi connectivity index (χ1v) is 6.27. The Labute approximate surface area is 104 Å². The molecule has 1 heterocycles. The number of aromatic nitrogens is 2. The average Bonchev–Trinajstić information content (AvgIpc) is 2.26. The van der Waals surface area contributed by atoms with Crippen molar-refractivity contribution in [2.75, 3.05) is 6.54 Å². The molecule has 0 aliphatic heterocycles. The Balaban J connectivity index is 2.94. The van der Waals surface area contributed by atoms with Gasteiger partial charge < -0.3 is 10.1 Å². The number of hydrogen-bond acceptors (Lipinski definition) is 4. The van der Waals surface area contributed by atoms with E-state index in [1.807, 2.05) is 13.8 Å². The van der Waals surface area contributed by atoms with Crippen molar-refractivity contribution in [3.63, 3.8) is 0 Å². The minimum Gasteiger partial charge on any atom is -0.487 e. The summed E-state index contributed by atoms with van der Waals surface area (Å²) in [4.78, 5) is 8.90. The van der Waals surface area contributed by atoms with Crippen molar-refractivity contribution in [3.8, 4) is 5.75 Å². The van der Waals surface area contributed by atoms with Crippen LogP contribution in [0.25, 0.3) is 0 Å². The Morgan fingerprint density at radius 3 is 2.53 bits per heavy atom. The first-order valence-electron chi connectivity index (χ1n) is 6.27. The van der Waals surface area contributed by atoms with Crippen LogP contribution in [0.2, 0.25) is 0 Å². The Hall–Kier alpha value is -1.16. The normalized spacial score (nSPS) is 11.2. The van der Waals surface area contributed by atoms with Gasteiger partial charge in [0.15, 0.2) is 5.75 Å². The van der Waals surface area contributed by atoms with Crippen molar-refractivity contribution in [2.24, 2.45) is 0 Å². The summed E-state index contributed by atoms with van der Waals surface area (Å²) in [5.74, 6) is 1.99. The highest BCUT2D eigenvalue weighted by Crippen LogP contribution is 2.19. The van der Waals surface area contributed by atoms with Gasteiger partial charge in [0.05, 0.1) is 18.0 Å². The molecule has 0 aliphatic rings. The zero-order chi connectivity index (χ0) is 12.8. The maximum Gasteiger partial charge on any atom is 0.160 e. The number of nitrogens with zero attached hydrogens (tertiary/aromatic N) is 2. The van der Waals surface area contributed by atoms with Crippen LogP contribution in [0.15, 0.2) is 6.20 Å². The van der Waals surface area contributed by atoms with Crippen LogP contribution in [0, 0.1) is 0 Å². The van der Waals surface area contributed by atoms with Gasteiger partial charge in [-0.3, -0.25) is 0 Å². The molecule has 0 bridgehead atoms. The standard InChI is InChI=1S/C13H23N3O/c1-6-14-7-11-12(17-10(4)5)8-15-13(16-11)9(2)3/h8-10,14H,6-7H2,1-5H3. The fraction of sp³-hybridized carbons (Fsp3) is 0.692. The maximum atomic E-state index is 5.71. The summed E-state index contributed by atoms with van der Waals surface area (Å²) in [5.41, 5.74) is 0.944. The molecule has 1 rings (SSSR count). The predicted molar refractivity (Wildman–Crippen MR) is 69.3 cm³/mol. The lowest BCUT2D eigenvalue weighted by atomic mass is 10.2. The number of hydrogen-bond donors (Lipinski definition) is 1. The summed E-state index contributed by atoms with van der Waals surface area (Å²) in [6.45, 7) is 11.9. The molecule has 96 valence electrons. The highest BCUT2D eigenvalue weighted by molar-refractivity contribution is 5.25. The lowest BCUT2D eigenvalue weighted by Gasteiger charge is -2.15. The van der Waals surface area contributed by atoms with Crippen molar-refractivity contribution in [1.82, 2.24) is 15.3 Å². The van der Waals surface area contributed by atoms with Crippen LogP contribution in [0.5, 0.6) is 5.75 Å². The van der Waals surface area contributed by atoms with E-state index in [1.165, 1.54) is 0 Å². The van der Waals surface area contributed by atoms with Crippen molar-refractivity contribution in [3.05, 3.63) is 17.7 Å². The molecule has 4 heteroatoms. The molecule has 1 aromatic rings. The van der Waals surface area contributed by atoms with Gasteiger partial charge in [0.2, 0.25) is 0 Å². The summed E-state index contributed by atoms with van der Waals surface area (Å²) >= 11 is 0. The van der Waals surface area contributed by atoms with Crippen molar-refractivity contribution in [1.29, 1.82) is 0 Å². The van der Waals surface area contributed by atoms with Crippen LogP contribution in [0.4, 0.5) is 0 Å². The highest BCUT2D eigenvalue weighted by Gasteiger charge is 2.11. The van der Waals surface area contributed by atoms with Crippen LogP contribution in [-0.4, -0.2) is 22.6 Å². The van der Waals surface area contributed by atoms with E-state index in [1.54, 1.807) is 6.20 Å². The first kappa shape index (κ1) is 13.9. The third-order valence-electron chi connectivity index (χ3n) is 2.27. The van der Waals surface area contributed by atoms with Crippen LogP contribution in [0.3, 0.4) is 0 Å². The molecule has 4 nitrogen and oxygen atoms in total. The van der Waals surface area contributed by atoms with E-state index in [0.29, 0.717) is 5.92 Å². The number of rotatable bonds is 6. The second kappa shape index (κ2) is 6.55. The van der Waals surface area contributed by atoms with Gasteiger partial charge in [-0.05, 0) is 20.4 Å². The lowest BCUT2D eigenvalue weighted by Crippen LogP contribution is -2.17. The topological polar surface area (TPSA) is 47.0 Å². The Kier molecular flexibility index (Phi) is 5.35. The van der Waals surface area contributed by atoms with E-state index in [2.05, 4.69) is 36.1 Å². The Morgan fingerprint density at radius 1 is 1.29 bits per heavy atom. The van der Waals surface area contributed by atoms with Crippen molar-refractivity contribution in [2.45, 2.75) is 53.2 Å². The van der Waals surface area contributed by atoms with E-state index < -0.39 is 0 Å². The maximum absolute atomic E-state index is 5.71. The second-order valence-corrected chi connectivity index (χ2v) is 4.64. The molecule has 0 unspecified atom stereocenters. The second-order valence-electron chi connectivity index (χ2n) is 4.64. The zero-order valence-corrected chi connectivity index (χ0v) is 11.4. The zero-order valence-electron chi connectivity index (χ0n) is 11.4. The van der Waals surface area contributed by atoms with E-state index in [4.69, 9.17) is 4.74 Å². The largest absolute Gasteiger partial charge is 0.487 e. The molecule has 0 fully saturated rings. The number of ether oxygens (including phenoxy) is 1. The summed E-state index contributed by atoms with van der Waals surface area (Å²) in [6.07, 6.45) is 1.93. The van der Waals surface area contributed by atoms with Crippen LogP contribution < -0.4 is 10.1 Å². The van der Waals surface area contributed by atoms with Gasteiger partial charge in [0.25, 0.3) is 0 Å². The fourth-order valence-electron chi connectivity index (χ4n) is 1.42. The molecular formula is C13H23N3O. The van der Waals surface area contributed by atoms with Gasteiger partial charge in [-0.15, -0.1) is 0 Å². The minimum atomic E-state index is 0.142. The van der Waals surface area contributed by atoms with Gasteiger partial charge in [0.1, 0.15) is 5.82 Å². The molecule has 17 heavy (non-hydrogen) atoms. The summed E-state index contributed by atoms with van der Waals surface area (Å²) in [6, 6.07) is 0. The van der Waals surface area contributed by atoms with E-state index in [-0.39, 0.29) is 6.10 Å². The molecule has 0 atom stereocenters. The van der Waals surface area contributed by atoms with Gasteiger partial charge in [-0.25, -0.2) is 9.97 Å². The fourth-order valence-corrected chi connectivity index (χ4v) is 1.42. The molecule has 1 N–H and O–H groups in total. The quantitative estimate of drug-likeness (QED) is 0.825. The highest BCUT2D eigenvalue weighted by atomic mass is 16.5. The molecule has 0 saturated heterocycles. The predicted octanol–water partition coefficient (Wildman–Crippen LogP) is 2.50. The van der Waals surface area contributed by atoms with Gasteiger partial charge in [-0.1, -0.05) is 20.8 Å². The molecule has 0 amide bonds. The minimum absolute atomic E-state index is 0.142. The summed E-state index contributed by atoms with van der Waals surface area (Å²) in [5, 5.41) is 3.27. The summed E-state index contributed by atoms with van der Waals surface area (Å²) < 4.78 is 5.71. The first-order chi connectivity index (χ1) is 8.04. The van der Waals surface area contributed by atoms with Crippen molar-refractivity contribution >= 4 is 0 Å². The van der Waals surface area contributed by atoms with E-state index in [0.717, 1.165) is 30.4 Å². The molecule has 0 aromatic carbocycles. The van der Waals surface area contributed by atoms with Gasteiger partial charge >= 0.3 is 0 Å². The van der Waals surface area contributed by atoms with Crippen LogP contribution in [-0.2, 0) is 6.54 Å². The van der Waals surface area contributed by atoms with Crippen molar-refractivity contribution < 1.29 is 4.74 Å². The molecule has 1 aromatic heterocycles. The Bertz CT molecular complexity index is 351. The van der Waals surface area contributed by atoms with Crippen LogP contribution >= 0.6 is 0 Å². The monoisotopic (exact) mass is 237 g/mol. The molecule has 0 radical (unpaired) electrons. The van der Waals surface area contributed by atoms with E-state index in [9.17, 15) is 0 Å². The smallest absolute Gasteiger partial charge is 0.160 e. The third-order valence-corrected chi connectivity index (χ3v) is 2.27. The molecule has 0 aliphatic carbocycles. The third kappa shape index (κ3) is 4.30. The van der Waals surface area contributed by atoms with Crippen LogP contribution in [0.1, 0.15) is 52.1 Å². The van der Waals surface area contributed by atoms with E-state index >= 15 is 0 Å². The Morgan fingerprint density at radius 2 is 2.00 bits per heavy atom. The van der Waals surface area contributed by atoms with Gasteiger partial charge in [0, 0.05) is 12.5 Å². The van der Waals surface area contributed by atoms with Gasteiger partial charge in [-0.2, -0.15) is 0 Å².